The van der Waals surface area contributed by atoms with Crippen molar-refractivity contribution in [2.24, 2.45) is 5.92 Å². The lowest BCUT2D eigenvalue weighted by atomic mass is 9.98. The van der Waals surface area contributed by atoms with Gasteiger partial charge in [-0.3, -0.25) is 19.3 Å². The van der Waals surface area contributed by atoms with E-state index in [4.69, 9.17) is 0 Å². The fourth-order valence-corrected chi connectivity index (χ4v) is 4.96. The highest BCUT2D eigenvalue weighted by molar-refractivity contribution is 6.10. The zero-order valence-electron chi connectivity index (χ0n) is 18.6. The van der Waals surface area contributed by atoms with Crippen molar-refractivity contribution in [2.75, 3.05) is 16.8 Å². The number of amides is 3. The Morgan fingerprint density at radius 3 is 2.81 bits per heavy atom. The Balaban J connectivity index is 1.26. The third-order valence-electron chi connectivity index (χ3n) is 6.94. The van der Waals surface area contributed by atoms with E-state index in [0.29, 0.717) is 49.4 Å². The molecule has 1 aliphatic carbocycles. The zero-order chi connectivity index (χ0) is 22.5. The van der Waals surface area contributed by atoms with Crippen molar-refractivity contribution < 1.29 is 14.4 Å². The van der Waals surface area contributed by atoms with Crippen LogP contribution >= 0.6 is 0 Å². The van der Waals surface area contributed by atoms with Crippen molar-refractivity contribution in [3.8, 4) is 0 Å². The van der Waals surface area contributed by atoms with Crippen LogP contribution in [0.2, 0.25) is 0 Å². The van der Waals surface area contributed by atoms with E-state index in [-0.39, 0.29) is 17.7 Å². The van der Waals surface area contributed by atoms with Gasteiger partial charge in [0.05, 0.1) is 17.4 Å². The van der Waals surface area contributed by atoms with E-state index in [2.05, 4.69) is 10.4 Å². The first-order chi connectivity index (χ1) is 15.4. The molecular weight excluding hydrogens is 406 g/mol. The number of carbonyl (C=O) groups excluding carboxylic acids is 3. The summed E-state index contributed by atoms with van der Waals surface area (Å²) in [6.45, 7) is 5.16. The van der Waals surface area contributed by atoms with E-state index >= 15 is 0 Å². The summed E-state index contributed by atoms with van der Waals surface area (Å²) < 4.78 is 1.89. The number of nitrogens with one attached hydrogen (secondary N) is 1. The van der Waals surface area contributed by atoms with E-state index in [1.807, 2.05) is 36.7 Å². The normalized spacial score (nSPS) is 22.2. The molecule has 0 bridgehead atoms. The Bertz CT molecular complexity index is 1090. The number of fused-ring (bicyclic) bond motifs is 3. The number of aryl methyl sites for hydroxylation is 1. The molecule has 1 saturated heterocycles. The summed E-state index contributed by atoms with van der Waals surface area (Å²) >= 11 is 0. The maximum Gasteiger partial charge on any atom is 0.257 e. The van der Waals surface area contributed by atoms with Gasteiger partial charge in [-0.2, -0.15) is 5.10 Å². The largest absolute Gasteiger partial charge is 0.315 e. The number of carbonyl (C=O) groups is 3. The number of hydrogen-bond donors (Lipinski definition) is 1. The van der Waals surface area contributed by atoms with Crippen LogP contribution in [0.15, 0.2) is 30.5 Å². The van der Waals surface area contributed by atoms with Crippen LogP contribution in [0.1, 0.15) is 61.4 Å². The molecular formula is C24H29N5O3. The van der Waals surface area contributed by atoms with Crippen LogP contribution in [0.4, 0.5) is 11.5 Å². The Labute approximate surface area is 187 Å². The van der Waals surface area contributed by atoms with Gasteiger partial charge in [0.1, 0.15) is 11.5 Å². The second kappa shape index (κ2) is 7.76. The molecule has 32 heavy (non-hydrogen) atoms. The fraction of sp³-hybridized carbons (Fsp3) is 0.500. The molecule has 3 amide bonds. The molecule has 2 fully saturated rings. The second-order valence-corrected chi connectivity index (χ2v) is 9.37. The SMILES string of the molecule is Cc1cnn(CC2CC2)c1NC(=O)CCCN1C(=O)c2ccccc2N2C(=O)CCC12C. The monoisotopic (exact) mass is 435 g/mol. The van der Waals surface area contributed by atoms with E-state index in [1.165, 1.54) is 12.8 Å². The van der Waals surface area contributed by atoms with Gasteiger partial charge in [-0.1, -0.05) is 12.1 Å². The van der Waals surface area contributed by atoms with Crippen LogP contribution in [-0.4, -0.2) is 44.6 Å². The Hall–Kier alpha value is -3.16. The lowest BCUT2D eigenvalue weighted by Gasteiger charge is -2.48. The summed E-state index contributed by atoms with van der Waals surface area (Å²) in [6.07, 6.45) is 6.05. The Kier molecular flexibility index (Phi) is 5.03. The highest BCUT2D eigenvalue weighted by Crippen LogP contribution is 2.44. The van der Waals surface area contributed by atoms with Crippen LogP contribution in [0.3, 0.4) is 0 Å². The van der Waals surface area contributed by atoms with Crippen molar-refractivity contribution in [3.05, 3.63) is 41.6 Å². The van der Waals surface area contributed by atoms with Crippen LogP contribution in [0, 0.1) is 12.8 Å². The van der Waals surface area contributed by atoms with Gasteiger partial charge < -0.3 is 10.2 Å². The van der Waals surface area contributed by atoms with Gasteiger partial charge in [0.25, 0.3) is 5.91 Å². The molecule has 3 heterocycles. The molecule has 2 aromatic rings. The molecule has 5 rings (SSSR count). The van der Waals surface area contributed by atoms with Gasteiger partial charge in [-0.25, -0.2) is 4.68 Å². The molecule has 1 unspecified atom stereocenters. The summed E-state index contributed by atoms with van der Waals surface area (Å²) in [6, 6.07) is 7.28. The minimum atomic E-state index is -0.682. The molecule has 1 atom stereocenters. The number of nitrogens with zero attached hydrogens (tertiary/aromatic N) is 4. The summed E-state index contributed by atoms with van der Waals surface area (Å²) in [4.78, 5) is 42.1. The maximum absolute atomic E-state index is 13.3. The average Bonchev–Trinajstić information content (AvgIpc) is 3.46. The third kappa shape index (κ3) is 3.47. The van der Waals surface area contributed by atoms with Gasteiger partial charge in [-0.05, 0) is 57.6 Å². The van der Waals surface area contributed by atoms with Crippen LogP contribution < -0.4 is 10.2 Å². The molecule has 3 aliphatic rings. The van der Waals surface area contributed by atoms with Crippen molar-refractivity contribution in [1.29, 1.82) is 0 Å². The lowest BCUT2D eigenvalue weighted by Crippen LogP contribution is -2.62. The first-order valence-corrected chi connectivity index (χ1v) is 11.4. The van der Waals surface area contributed by atoms with Gasteiger partial charge in [0, 0.05) is 31.5 Å². The number of aromatic nitrogens is 2. The second-order valence-electron chi connectivity index (χ2n) is 9.37. The maximum atomic E-state index is 13.3. The molecule has 1 aromatic carbocycles. The Morgan fingerprint density at radius 2 is 2.03 bits per heavy atom. The lowest BCUT2D eigenvalue weighted by molar-refractivity contribution is -0.118. The molecule has 2 aliphatic heterocycles. The van der Waals surface area contributed by atoms with Crippen LogP contribution in [0.5, 0.6) is 0 Å². The topological polar surface area (TPSA) is 87.5 Å². The first kappa shape index (κ1) is 20.7. The molecule has 1 saturated carbocycles. The molecule has 168 valence electrons. The minimum absolute atomic E-state index is 0.0367. The van der Waals surface area contributed by atoms with E-state index in [0.717, 1.165) is 17.9 Å². The number of benzene rings is 1. The highest BCUT2D eigenvalue weighted by atomic mass is 16.2. The van der Waals surface area contributed by atoms with Crippen LogP contribution in [0.25, 0.3) is 0 Å². The van der Waals surface area contributed by atoms with E-state index in [9.17, 15) is 14.4 Å². The molecule has 1 aromatic heterocycles. The van der Waals surface area contributed by atoms with Crippen LogP contribution in [-0.2, 0) is 16.1 Å². The van der Waals surface area contributed by atoms with Crippen molar-refractivity contribution in [2.45, 2.75) is 64.6 Å². The summed E-state index contributed by atoms with van der Waals surface area (Å²) in [7, 11) is 0. The van der Waals surface area contributed by atoms with Crippen molar-refractivity contribution in [3.63, 3.8) is 0 Å². The third-order valence-corrected chi connectivity index (χ3v) is 6.94. The summed E-state index contributed by atoms with van der Waals surface area (Å²) in [5.41, 5.74) is 1.51. The fourth-order valence-electron chi connectivity index (χ4n) is 4.96. The number of para-hydroxylation sites is 1. The molecule has 0 spiro atoms. The number of hydrogen-bond acceptors (Lipinski definition) is 4. The minimum Gasteiger partial charge on any atom is -0.315 e. The number of rotatable bonds is 7. The first-order valence-electron chi connectivity index (χ1n) is 11.4. The molecule has 0 radical (unpaired) electrons. The summed E-state index contributed by atoms with van der Waals surface area (Å²) in [5.74, 6) is 1.31. The average molecular weight is 436 g/mol. The van der Waals surface area contributed by atoms with Gasteiger partial charge in [-0.15, -0.1) is 0 Å². The van der Waals surface area contributed by atoms with Crippen molar-refractivity contribution in [1.82, 2.24) is 14.7 Å². The molecule has 1 N–H and O–H groups in total. The summed E-state index contributed by atoms with van der Waals surface area (Å²) in [5, 5.41) is 7.41. The van der Waals surface area contributed by atoms with Crippen molar-refractivity contribution >= 4 is 29.2 Å². The smallest absolute Gasteiger partial charge is 0.257 e. The predicted octanol–water partition coefficient (Wildman–Crippen LogP) is 3.32. The van der Waals surface area contributed by atoms with E-state index in [1.54, 1.807) is 22.1 Å². The van der Waals surface area contributed by atoms with Gasteiger partial charge >= 0.3 is 0 Å². The predicted molar refractivity (Wildman–Crippen MR) is 120 cm³/mol. The molecule has 8 nitrogen and oxygen atoms in total. The number of anilines is 2. The molecule has 8 heteroatoms. The van der Waals surface area contributed by atoms with Gasteiger partial charge in [0.15, 0.2) is 0 Å². The highest BCUT2D eigenvalue weighted by Gasteiger charge is 2.52. The van der Waals surface area contributed by atoms with Gasteiger partial charge in [0.2, 0.25) is 11.8 Å². The quantitative estimate of drug-likeness (QED) is 0.723. The van der Waals surface area contributed by atoms with E-state index < -0.39 is 5.66 Å². The zero-order valence-corrected chi connectivity index (χ0v) is 18.6. The Morgan fingerprint density at radius 1 is 1.25 bits per heavy atom. The standard InChI is InChI=1S/C24H29N5O3/c1-16-14-25-28(15-17-9-10-17)22(16)26-20(30)8-5-13-27-23(32)18-6-3-4-7-19(18)29-21(31)11-12-24(27,29)2/h3-4,6-7,14,17H,5,8-13,15H2,1-2H3,(H,26,30).